The first-order valence-electron chi connectivity index (χ1n) is 5.41. The van der Waals surface area contributed by atoms with Crippen LogP contribution in [0.2, 0.25) is 0 Å². The number of hydrogen-bond donors (Lipinski definition) is 4. The molecule has 0 aliphatic carbocycles. The van der Waals surface area contributed by atoms with E-state index in [1.807, 2.05) is 0 Å². The van der Waals surface area contributed by atoms with Crippen molar-refractivity contribution in [1.29, 1.82) is 0 Å². The number of hydrogen-bond acceptors (Lipinski definition) is 6. The molecule has 0 aliphatic rings. The lowest BCUT2D eigenvalue weighted by Crippen LogP contribution is -2.61. The molecule has 0 heterocycles. The molecule has 3 unspecified atom stereocenters. The molecule has 0 aromatic rings. The molecule has 3 atom stereocenters. The quantitative estimate of drug-likeness (QED) is 0.537. The van der Waals surface area contributed by atoms with Crippen molar-refractivity contribution in [3.05, 3.63) is 0 Å². The Bertz CT molecular complexity index is 416. The summed E-state index contributed by atoms with van der Waals surface area (Å²) in [5, 5.41) is 20.1. The summed E-state index contributed by atoms with van der Waals surface area (Å²) < 4.78 is 31.4. The van der Waals surface area contributed by atoms with Crippen molar-refractivity contribution in [2.45, 2.75) is 51.4 Å². The summed E-state index contributed by atoms with van der Waals surface area (Å²) in [6.45, 7) is 7.00. The van der Waals surface area contributed by atoms with Crippen LogP contribution in [0.3, 0.4) is 0 Å². The van der Waals surface area contributed by atoms with Crippen molar-refractivity contribution >= 4 is 15.4 Å². The van der Waals surface area contributed by atoms with E-state index in [0.717, 1.165) is 6.66 Å². The Morgan fingerprint density at radius 2 is 1.32 bits per heavy atom. The summed E-state index contributed by atoms with van der Waals surface area (Å²) in [5.74, 6) is 0. The lowest BCUT2D eigenvalue weighted by Gasteiger charge is -2.46. The summed E-state index contributed by atoms with van der Waals surface area (Å²) in [6.07, 6.45) is 0. The molecule has 0 amide bonds. The zero-order valence-corrected chi connectivity index (χ0v) is 13.6. The van der Waals surface area contributed by atoms with E-state index in [-0.39, 0.29) is 0 Å². The summed E-state index contributed by atoms with van der Waals surface area (Å²) in [4.78, 5) is 18.3. The molecule has 0 rings (SSSR count). The van der Waals surface area contributed by atoms with Crippen LogP contribution in [0, 0.1) is 0 Å². The number of rotatable bonds is 6. The molecule has 0 radical (unpaired) electrons. The first-order chi connectivity index (χ1) is 7.91. The van der Waals surface area contributed by atoms with Crippen LogP contribution in [0.1, 0.15) is 34.6 Å². The van der Waals surface area contributed by atoms with Crippen molar-refractivity contribution < 1.29 is 38.0 Å². The molecular formula is C9H22O8P2. The summed E-state index contributed by atoms with van der Waals surface area (Å²) in [5.41, 5.74) is -5.33. The van der Waals surface area contributed by atoms with E-state index < -0.39 is 32.2 Å². The van der Waals surface area contributed by atoms with Crippen molar-refractivity contribution in [2.24, 2.45) is 0 Å². The van der Waals surface area contributed by atoms with Crippen molar-refractivity contribution in [3.63, 3.8) is 0 Å². The maximum atomic E-state index is 11.6. The highest BCUT2D eigenvalue weighted by atomic mass is 31.3. The van der Waals surface area contributed by atoms with Crippen LogP contribution >= 0.6 is 15.4 Å². The molecule has 10 heteroatoms. The van der Waals surface area contributed by atoms with Gasteiger partial charge in [-0.3, -0.25) is 9.09 Å². The van der Waals surface area contributed by atoms with E-state index in [1.165, 1.54) is 34.6 Å². The van der Waals surface area contributed by atoms with Gasteiger partial charge in [-0.05, 0) is 34.6 Å². The van der Waals surface area contributed by atoms with Crippen molar-refractivity contribution in [2.75, 3.05) is 6.66 Å². The lowest BCUT2D eigenvalue weighted by molar-refractivity contribution is -0.206. The fraction of sp³-hybridized carbons (Fsp3) is 1.00. The molecule has 4 N–H and O–H groups in total. The molecule has 0 fully saturated rings. The Morgan fingerprint density at radius 3 is 1.58 bits per heavy atom. The van der Waals surface area contributed by atoms with E-state index in [0.29, 0.717) is 0 Å². The van der Waals surface area contributed by atoms with Crippen LogP contribution < -0.4 is 0 Å². The SMILES string of the molecule is CC(C)(O)C(C)(O)C(C)(C)OP(=O)(O)OP(C)(=O)O. The van der Waals surface area contributed by atoms with Crippen LogP contribution in [0.4, 0.5) is 0 Å². The van der Waals surface area contributed by atoms with Crippen LogP contribution in [-0.2, 0) is 18.0 Å². The van der Waals surface area contributed by atoms with Gasteiger partial charge in [-0.25, -0.2) is 8.88 Å². The molecule has 0 bridgehead atoms. The molecule has 0 aromatic heterocycles. The summed E-state index contributed by atoms with van der Waals surface area (Å²) >= 11 is 0. The number of aliphatic hydroxyl groups is 2. The van der Waals surface area contributed by atoms with Crippen LogP contribution in [0.5, 0.6) is 0 Å². The van der Waals surface area contributed by atoms with Gasteiger partial charge in [-0.2, -0.15) is 0 Å². The van der Waals surface area contributed by atoms with Gasteiger partial charge in [0.1, 0.15) is 11.2 Å². The minimum Gasteiger partial charge on any atom is -0.387 e. The molecule has 0 saturated carbocycles. The Balaban J connectivity index is 5.28. The van der Waals surface area contributed by atoms with Gasteiger partial charge < -0.3 is 20.0 Å². The predicted molar refractivity (Wildman–Crippen MR) is 68.7 cm³/mol. The zero-order valence-electron chi connectivity index (χ0n) is 11.8. The van der Waals surface area contributed by atoms with Gasteiger partial charge in [-0.15, -0.1) is 0 Å². The summed E-state index contributed by atoms with van der Waals surface area (Å²) in [7, 11) is -9.13. The van der Waals surface area contributed by atoms with Gasteiger partial charge in [0.2, 0.25) is 0 Å². The largest absolute Gasteiger partial charge is 0.480 e. The molecule has 0 saturated heterocycles. The number of phosphoric acid groups is 1. The topological polar surface area (TPSA) is 134 Å². The van der Waals surface area contributed by atoms with Gasteiger partial charge >= 0.3 is 15.4 Å². The fourth-order valence-electron chi connectivity index (χ4n) is 1.32. The number of phosphoric ester groups is 1. The predicted octanol–water partition coefficient (Wildman–Crippen LogP) is 1.24. The average Bonchev–Trinajstić information content (AvgIpc) is 1.92. The third-order valence-electron chi connectivity index (χ3n) is 2.96. The van der Waals surface area contributed by atoms with E-state index in [2.05, 4.69) is 4.31 Å². The van der Waals surface area contributed by atoms with Crippen LogP contribution in [-0.4, -0.2) is 43.5 Å². The fourth-order valence-corrected chi connectivity index (χ4v) is 3.74. The minimum atomic E-state index is -4.89. The Hall–Kier alpha value is 0.220. The molecule has 19 heavy (non-hydrogen) atoms. The molecular weight excluding hydrogens is 298 g/mol. The maximum absolute atomic E-state index is 11.6. The van der Waals surface area contributed by atoms with Crippen molar-refractivity contribution in [1.82, 2.24) is 0 Å². The minimum absolute atomic E-state index is 0.723. The van der Waals surface area contributed by atoms with E-state index in [9.17, 15) is 24.2 Å². The van der Waals surface area contributed by atoms with Gasteiger partial charge in [0, 0.05) is 6.66 Å². The third-order valence-corrected chi connectivity index (χ3v) is 5.69. The molecule has 0 aromatic carbocycles. The highest BCUT2D eigenvalue weighted by Gasteiger charge is 2.54. The first kappa shape index (κ1) is 19.2. The van der Waals surface area contributed by atoms with Crippen LogP contribution in [0.15, 0.2) is 0 Å². The van der Waals surface area contributed by atoms with Gasteiger partial charge in [0.25, 0.3) is 0 Å². The molecule has 0 spiro atoms. The third kappa shape index (κ3) is 5.25. The highest BCUT2D eigenvalue weighted by molar-refractivity contribution is 7.63. The standard InChI is InChI=1S/C9H22O8P2/c1-7(2,10)9(5,11)8(3,4)16-19(14,15)17-18(6,12)13/h10-11H,1-6H3,(H,12,13)(H,14,15). The molecule has 0 aliphatic heterocycles. The van der Waals surface area contributed by atoms with E-state index in [1.54, 1.807) is 0 Å². The highest BCUT2D eigenvalue weighted by Crippen LogP contribution is 2.60. The molecule has 8 nitrogen and oxygen atoms in total. The van der Waals surface area contributed by atoms with Gasteiger partial charge in [0.05, 0.1) is 5.60 Å². The van der Waals surface area contributed by atoms with Gasteiger partial charge in [-0.1, -0.05) is 0 Å². The average molecular weight is 320 g/mol. The second-order valence-electron chi connectivity index (χ2n) is 5.59. The monoisotopic (exact) mass is 320 g/mol. The maximum Gasteiger partial charge on any atom is 0.480 e. The smallest absolute Gasteiger partial charge is 0.387 e. The van der Waals surface area contributed by atoms with E-state index >= 15 is 0 Å². The molecule has 116 valence electrons. The lowest BCUT2D eigenvalue weighted by atomic mass is 9.76. The second kappa shape index (κ2) is 5.20. The first-order valence-corrected chi connectivity index (χ1v) is 8.93. The summed E-state index contributed by atoms with van der Waals surface area (Å²) in [6, 6.07) is 0. The Kier molecular flexibility index (Phi) is 5.26. The van der Waals surface area contributed by atoms with Crippen molar-refractivity contribution in [3.8, 4) is 0 Å². The Morgan fingerprint density at radius 1 is 0.947 bits per heavy atom. The van der Waals surface area contributed by atoms with Gasteiger partial charge in [0.15, 0.2) is 0 Å². The van der Waals surface area contributed by atoms with E-state index in [4.69, 9.17) is 9.42 Å². The zero-order chi connectivity index (χ0) is 15.9. The van der Waals surface area contributed by atoms with Crippen LogP contribution in [0.25, 0.3) is 0 Å². The second-order valence-corrected chi connectivity index (χ2v) is 8.96. The normalized spacial score (nSPS) is 23.3. The Labute approximate surface area is 112 Å².